The van der Waals surface area contributed by atoms with Crippen molar-refractivity contribution in [3.05, 3.63) is 63.9 Å². The summed E-state index contributed by atoms with van der Waals surface area (Å²) < 4.78 is 5.70. The molecule has 90 valence electrons. The van der Waals surface area contributed by atoms with E-state index in [0.717, 1.165) is 17.9 Å². The Labute approximate surface area is 148 Å². The van der Waals surface area contributed by atoms with Gasteiger partial charge in [-0.05, 0) is 84.8 Å². The highest BCUT2D eigenvalue weighted by Gasteiger charge is 1.97. The zero-order valence-corrected chi connectivity index (χ0v) is 16.9. The molecule has 0 N–H and O–H groups in total. The van der Waals surface area contributed by atoms with Crippen LogP contribution in [0.2, 0.25) is 0 Å². The van der Waals surface area contributed by atoms with Gasteiger partial charge in [0.2, 0.25) is 0 Å². The van der Waals surface area contributed by atoms with E-state index in [4.69, 9.17) is 0 Å². The highest BCUT2D eigenvalue weighted by molar-refractivity contribution is 14.1. The Hall–Kier alpha value is 1.09. The maximum absolute atomic E-state index is 3.41. The van der Waals surface area contributed by atoms with Crippen LogP contribution in [0.3, 0.4) is 0 Å². The lowest BCUT2D eigenvalue weighted by atomic mass is 10.4. The average molecular weight is 598 g/mol. The first kappa shape index (κ1) is 16.1. The van der Waals surface area contributed by atoms with E-state index in [9.17, 15) is 0 Å². The SMILES string of the molecule is Brc1cccc(Br)c1.Brc1cccc(Br)c1I. The van der Waals surface area contributed by atoms with Crippen molar-refractivity contribution in [2.75, 3.05) is 0 Å². The number of hydrogen-bond donors (Lipinski definition) is 0. The third kappa shape index (κ3) is 6.18. The Morgan fingerprint density at radius 2 is 1.12 bits per heavy atom. The molecule has 2 aromatic rings. The van der Waals surface area contributed by atoms with Gasteiger partial charge in [-0.2, -0.15) is 0 Å². The fraction of sp³-hybridized carbons (Fsp3) is 0. The van der Waals surface area contributed by atoms with Crippen molar-refractivity contribution in [2.45, 2.75) is 0 Å². The third-order valence-electron chi connectivity index (χ3n) is 1.69. The Morgan fingerprint density at radius 3 is 1.41 bits per heavy atom. The molecule has 0 aliphatic carbocycles. The van der Waals surface area contributed by atoms with Crippen molar-refractivity contribution >= 4 is 86.3 Å². The van der Waals surface area contributed by atoms with Crippen molar-refractivity contribution in [3.8, 4) is 0 Å². The summed E-state index contributed by atoms with van der Waals surface area (Å²) in [6.07, 6.45) is 0. The minimum atomic E-state index is 1.10. The lowest BCUT2D eigenvalue weighted by Crippen LogP contribution is -1.73. The predicted octanol–water partition coefficient (Wildman–Crippen LogP) is 7.03. The van der Waals surface area contributed by atoms with E-state index < -0.39 is 0 Å². The molecular weight excluding hydrogens is 591 g/mol. The summed E-state index contributed by atoms with van der Waals surface area (Å²) in [7, 11) is 0. The van der Waals surface area contributed by atoms with Gasteiger partial charge in [-0.3, -0.25) is 0 Å². The largest absolute Gasteiger partial charge is 0.0600 e. The molecule has 0 radical (unpaired) electrons. The normalized spacial score (nSPS) is 9.47. The fourth-order valence-electron chi connectivity index (χ4n) is 0.937. The van der Waals surface area contributed by atoms with Crippen molar-refractivity contribution < 1.29 is 0 Å². The molecule has 2 rings (SSSR count). The van der Waals surface area contributed by atoms with Crippen LogP contribution in [0.4, 0.5) is 0 Å². The molecule has 0 bridgehead atoms. The van der Waals surface area contributed by atoms with Gasteiger partial charge in [-0.25, -0.2) is 0 Å². The molecule has 0 unspecified atom stereocenters. The molecular formula is C12H7Br4I. The van der Waals surface area contributed by atoms with Crippen molar-refractivity contribution in [2.24, 2.45) is 0 Å². The Bertz CT molecular complexity index is 462. The van der Waals surface area contributed by atoms with Crippen LogP contribution < -0.4 is 0 Å². The molecule has 0 nitrogen and oxygen atoms in total. The summed E-state index contributed by atoms with van der Waals surface area (Å²) in [6.45, 7) is 0. The summed E-state index contributed by atoms with van der Waals surface area (Å²) in [5, 5.41) is 0. The molecule has 0 atom stereocenters. The van der Waals surface area contributed by atoms with E-state index >= 15 is 0 Å². The molecule has 0 aliphatic rings. The van der Waals surface area contributed by atoms with Gasteiger partial charge in [0.15, 0.2) is 0 Å². The van der Waals surface area contributed by atoms with Gasteiger partial charge >= 0.3 is 0 Å². The van der Waals surface area contributed by atoms with Crippen molar-refractivity contribution in [3.63, 3.8) is 0 Å². The van der Waals surface area contributed by atoms with E-state index in [1.165, 1.54) is 3.57 Å². The number of rotatable bonds is 0. The van der Waals surface area contributed by atoms with Gasteiger partial charge < -0.3 is 0 Å². The van der Waals surface area contributed by atoms with Crippen LogP contribution >= 0.6 is 86.3 Å². The quantitative estimate of drug-likeness (QED) is 0.226. The second kappa shape index (κ2) is 8.30. The fourth-order valence-corrected chi connectivity index (χ4v) is 3.40. The van der Waals surface area contributed by atoms with E-state index in [2.05, 4.69) is 86.3 Å². The van der Waals surface area contributed by atoms with Crippen LogP contribution in [-0.2, 0) is 0 Å². The van der Waals surface area contributed by atoms with Gasteiger partial charge in [-0.15, -0.1) is 0 Å². The molecule has 0 saturated carbocycles. The van der Waals surface area contributed by atoms with Crippen LogP contribution in [0.1, 0.15) is 0 Å². The minimum Gasteiger partial charge on any atom is -0.0600 e. The number of hydrogen-bond acceptors (Lipinski definition) is 0. The molecule has 2 aromatic carbocycles. The van der Waals surface area contributed by atoms with E-state index in [1.54, 1.807) is 0 Å². The monoisotopic (exact) mass is 594 g/mol. The summed E-state index contributed by atoms with van der Waals surface area (Å²) in [5.41, 5.74) is 0. The molecule has 0 saturated heterocycles. The Kier molecular flexibility index (Phi) is 7.88. The first-order valence-electron chi connectivity index (χ1n) is 4.51. The first-order valence-corrected chi connectivity index (χ1v) is 8.76. The van der Waals surface area contributed by atoms with Gasteiger partial charge in [-0.1, -0.05) is 44.0 Å². The molecule has 17 heavy (non-hydrogen) atoms. The topological polar surface area (TPSA) is 0 Å². The zero-order chi connectivity index (χ0) is 12.8. The highest BCUT2D eigenvalue weighted by atomic mass is 127. The molecule has 0 aliphatic heterocycles. The minimum absolute atomic E-state index is 1.10. The van der Waals surface area contributed by atoms with Crippen LogP contribution in [0.15, 0.2) is 60.4 Å². The maximum atomic E-state index is 3.41. The number of benzene rings is 2. The summed E-state index contributed by atoms with van der Waals surface area (Å²) >= 11 is 15.8. The van der Waals surface area contributed by atoms with E-state index in [-0.39, 0.29) is 0 Å². The molecule has 0 heterocycles. The molecule has 0 amide bonds. The lowest BCUT2D eigenvalue weighted by Gasteiger charge is -1.95. The van der Waals surface area contributed by atoms with Gasteiger partial charge in [0, 0.05) is 21.5 Å². The second-order valence-corrected chi connectivity index (χ2v) is 7.59. The summed E-state index contributed by atoms with van der Waals surface area (Å²) in [4.78, 5) is 0. The smallest absolute Gasteiger partial charge is 0.0414 e. The van der Waals surface area contributed by atoms with E-state index in [1.807, 2.05) is 42.5 Å². The lowest BCUT2D eigenvalue weighted by molar-refractivity contribution is 1.53. The van der Waals surface area contributed by atoms with Crippen LogP contribution in [0.25, 0.3) is 0 Å². The van der Waals surface area contributed by atoms with Crippen molar-refractivity contribution in [1.82, 2.24) is 0 Å². The third-order valence-corrected chi connectivity index (χ3v) is 6.64. The number of halogens is 5. The summed E-state index contributed by atoms with van der Waals surface area (Å²) in [5.74, 6) is 0. The molecule has 0 aromatic heterocycles. The van der Waals surface area contributed by atoms with Crippen LogP contribution in [0, 0.1) is 3.57 Å². The molecule has 0 spiro atoms. The standard InChI is InChI=1S/C6H3Br2I.C6H4Br2/c7-4-2-1-3-5(8)6(4)9;7-5-2-1-3-6(8)4-5/h1-3H;1-4H. The van der Waals surface area contributed by atoms with Gasteiger partial charge in [0.05, 0.1) is 0 Å². The van der Waals surface area contributed by atoms with Crippen LogP contribution in [0.5, 0.6) is 0 Å². The maximum Gasteiger partial charge on any atom is 0.0414 e. The Balaban J connectivity index is 0.000000171. The zero-order valence-electron chi connectivity index (χ0n) is 8.43. The van der Waals surface area contributed by atoms with Crippen molar-refractivity contribution in [1.29, 1.82) is 0 Å². The summed E-state index contributed by atoms with van der Waals surface area (Å²) in [6, 6.07) is 14.0. The predicted molar refractivity (Wildman–Crippen MR) is 96.4 cm³/mol. The Morgan fingerprint density at radius 1 is 0.706 bits per heavy atom. The van der Waals surface area contributed by atoms with Gasteiger partial charge in [0.25, 0.3) is 0 Å². The van der Waals surface area contributed by atoms with E-state index in [0.29, 0.717) is 0 Å². The average Bonchev–Trinajstić information content (AvgIpc) is 2.26. The van der Waals surface area contributed by atoms with Crippen LogP contribution in [-0.4, -0.2) is 0 Å². The second-order valence-electron chi connectivity index (χ2n) is 2.98. The molecule has 5 heteroatoms. The van der Waals surface area contributed by atoms with Gasteiger partial charge in [0.1, 0.15) is 0 Å². The molecule has 0 fully saturated rings. The first-order chi connectivity index (χ1) is 8.00. The highest BCUT2D eigenvalue weighted by Crippen LogP contribution is 2.25.